The highest BCUT2D eigenvalue weighted by molar-refractivity contribution is 5.88. The molecule has 2 atom stereocenters. The van der Waals surface area contributed by atoms with Crippen LogP contribution >= 0.6 is 0 Å². The van der Waals surface area contributed by atoms with Gasteiger partial charge in [0.25, 0.3) is 0 Å². The second-order valence-electron chi connectivity index (χ2n) is 9.50. The Morgan fingerprint density at radius 3 is 2.26 bits per heavy atom. The fourth-order valence-electron chi connectivity index (χ4n) is 4.16. The number of hydrogen-bond donors (Lipinski definition) is 2. The summed E-state index contributed by atoms with van der Waals surface area (Å²) in [6.07, 6.45) is -1.31. The van der Waals surface area contributed by atoms with Gasteiger partial charge in [0.05, 0.1) is 13.2 Å². The van der Waals surface area contributed by atoms with Crippen molar-refractivity contribution in [1.82, 2.24) is 10.2 Å². The molecular weight excluding hydrogens is 484 g/mol. The fourth-order valence-corrected chi connectivity index (χ4v) is 4.16. The van der Waals surface area contributed by atoms with E-state index in [9.17, 15) is 19.5 Å². The number of benzene rings is 3. The molecule has 0 radical (unpaired) electrons. The topological polar surface area (TPSA) is 105 Å². The van der Waals surface area contributed by atoms with E-state index in [-0.39, 0.29) is 38.6 Å². The number of fused-ring (bicyclic) bond motifs is 1. The van der Waals surface area contributed by atoms with E-state index in [1.807, 2.05) is 86.6 Å². The molecular formula is C30H36N2O6. The lowest BCUT2D eigenvalue weighted by atomic mass is 9.99. The van der Waals surface area contributed by atoms with Gasteiger partial charge in [0.2, 0.25) is 0 Å². The van der Waals surface area contributed by atoms with E-state index in [0.717, 1.165) is 21.9 Å². The van der Waals surface area contributed by atoms with Gasteiger partial charge in [-0.3, -0.25) is 0 Å². The number of rotatable bonds is 12. The molecule has 0 bridgehead atoms. The van der Waals surface area contributed by atoms with Gasteiger partial charge in [-0.25, -0.2) is 14.4 Å². The second kappa shape index (κ2) is 14.1. The summed E-state index contributed by atoms with van der Waals surface area (Å²) in [7, 11) is 0. The zero-order chi connectivity index (χ0) is 27.5. The first-order valence-corrected chi connectivity index (χ1v) is 12.9. The molecule has 0 aliphatic rings. The first kappa shape index (κ1) is 28.7. The number of esters is 2. The number of hydrogen-bond acceptors (Lipinski definition) is 6. The van der Waals surface area contributed by atoms with Crippen molar-refractivity contribution in [2.75, 3.05) is 19.7 Å². The third kappa shape index (κ3) is 8.31. The van der Waals surface area contributed by atoms with Gasteiger partial charge >= 0.3 is 18.0 Å². The summed E-state index contributed by atoms with van der Waals surface area (Å²) in [5.74, 6) is -1.33. The van der Waals surface area contributed by atoms with Crippen molar-refractivity contribution in [3.05, 3.63) is 83.9 Å². The number of carbonyl (C=O) groups excluding carboxylic acids is 3. The Morgan fingerprint density at radius 2 is 1.55 bits per heavy atom. The largest absolute Gasteiger partial charge is 0.464 e. The summed E-state index contributed by atoms with van der Waals surface area (Å²) in [6.45, 7) is 5.71. The van der Waals surface area contributed by atoms with Crippen LogP contribution in [0.5, 0.6) is 0 Å². The standard InChI is InChI=1S/C30H36N2O6/c1-4-37-28(34)26(17-24-15-10-14-23-13-8-9-16-25(23)24)31-30(36)32(18-21(2)3)19-27(33)29(35)38-20-22-11-6-5-7-12-22/h5-16,21,26-27,33H,4,17-20H2,1-3H3,(H,31,36)/t26-,27?/m0/s1. The molecule has 38 heavy (non-hydrogen) atoms. The molecule has 0 fully saturated rings. The minimum absolute atomic E-state index is 0.0169. The number of aliphatic hydroxyl groups is 1. The molecule has 3 rings (SSSR count). The molecule has 0 aromatic heterocycles. The van der Waals surface area contributed by atoms with E-state index < -0.39 is 30.1 Å². The third-order valence-corrected chi connectivity index (χ3v) is 5.93. The quantitative estimate of drug-likeness (QED) is 0.349. The van der Waals surface area contributed by atoms with Crippen LogP contribution in [-0.2, 0) is 32.1 Å². The normalized spacial score (nSPS) is 12.6. The summed E-state index contributed by atoms with van der Waals surface area (Å²) < 4.78 is 10.5. The van der Waals surface area contributed by atoms with Crippen LogP contribution in [0.15, 0.2) is 72.8 Å². The number of urea groups is 1. The highest BCUT2D eigenvalue weighted by Gasteiger charge is 2.29. The summed E-state index contributed by atoms with van der Waals surface area (Å²) in [6, 6.07) is 21.2. The van der Waals surface area contributed by atoms with Gasteiger partial charge in [0.15, 0.2) is 6.10 Å². The lowest BCUT2D eigenvalue weighted by Crippen LogP contribution is -2.52. The van der Waals surface area contributed by atoms with Gasteiger partial charge in [0.1, 0.15) is 12.6 Å². The van der Waals surface area contributed by atoms with Crippen LogP contribution in [0.3, 0.4) is 0 Å². The van der Waals surface area contributed by atoms with Gasteiger partial charge in [-0.15, -0.1) is 0 Å². The molecule has 3 aromatic carbocycles. The van der Waals surface area contributed by atoms with E-state index >= 15 is 0 Å². The number of nitrogens with one attached hydrogen (secondary N) is 1. The maximum atomic E-state index is 13.3. The van der Waals surface area contributed by atoms with Gasteiger partial charge < -0.3 is 24.8 Å². The molecule has 2 amide bonds. The molecule has 0 saturated heterocycles. The molecule has 2 N–H and O–H groups in total. The van der Waals surface area contributed by atoms with Crippen LogP contribution in [0.25, 0.3) is 10.8 Å². The Labute approximate surface area is 223 Å². The van der Waals surface area contributed by atoms with Gasteiger partial charge in [0, 0.05) is 13.0 Å². The SMILES string of the molecule is CCOC(=O)[C@H](Cc1cccc2ccccc12)NC(=O)N(CC(C)C)CC(O)C(=O)OCc1ccccc1. The lowest BCUT2D eigenvalue weighted by Gasteiger charge is -2.28. The molecule has 3 aromatic rings. The Bertz CT molecular complexity index is 1210. The molecule has 0 aliphatic carbocycles. The predicted octanol–water partition coefficient (Wildman–Crippen LogP) is 4.09. The van der Waals surface area contributed by atoms with Crippen molar-refractivity contribution >= 4 is 28.7 Å². The van der Waals surface area contributed by atoms with E-state index in [4.69, 9.17) is 9.47 Å². The molecule has 0 heterocycles. The Kier molecular flexibility index (Phi) is 10.7. The first-order chi connectivity index (χ1) is 18.3. The zero-order valence-corrected chi connectivity index (χ0v) is 22.1. The van der Waals surface area contributed by atoms with Crippen molar-refractivity contribution < 1.29 is 29.0 Å². The van der Waals surface area contributed by atoms with Crippen LogP contribution in [-0.4, -0.2) is 59.8 Å². The molecule has 8 heteroatoms. The number of carbonyl (C=O) groups is 3. The lowest BCUT2D eigenvalue weighted by molar-refractivity contribution is -0.155. The van der Waals surface area contributed by atoms with E-state index in [0.29, 0.717) is 0 Å². The number of aliphatic hydroxyl groups excluding tert-OH is 1. The summed E-state index contributed by atoms with van der Waals surface area (Å²) in [5, 5.41) is 15.3. The van der Waals surface area contributed by atoms with Gasteiger partial charge in [-0.1, -0.05) is 86.6 Å². The number of nitrogens with zero attached hydrogens (tertiary/aromatic N) is 1. The van der Waals surface area contributed by atoms with Crippen LogP contribution in [0.2, 0.25) is 0 Å². The first-order valence-electron chi connectivity index (χ1n) is 12.9. The Morgan fingerprint density at radius 1 is 0.868 bits per heavy atom. The molecule has 202 valence electrons. The predicted molar refractivity (Wildman–Crippen MR) is 145 cm³/mol. The average molecular weight is 521 g/mol. The van der Waals surface area contributed by atoms with Crippen LogP contribution in [0.4, 0.5) is 4.79 Å². The summed E-state index contributed by atoms with van der Waals surface area (Å²) >= 11 is 0. The minimum atomic E-state index is -1.54. The van der Waals surface area contributed by atoms with Gasteiger partial charge in [-0.05, 0) is 34.7 Å². The molecule has 8 nitrogen and oxygen atoms in total. The van der Waals surface area contributed by atoms with Crippen molar-refractivity contribution in [3.8, 4) is 0 Å². The average Bonchev–Trinajstić information content (AvgIpc) is 2.91. The summed E-state index contributed by atoms with van der Waals surface area (Å²) in [5.41, 5.74) is 1.68. The summed E-state index contributed by atoms with van der Waals surface area (Å²) in [4.78, 5) is 39.9. The van der Waals surface area contributed by atoms with Crippen LogP contribution < -0.4 is 5.32 Å². The maximum Gasteiger partial charge on any atom is 0.337 e. The van der Waals surface area contributed by atoms with Crippen LogP contribution in [0.1, 0.15) is 31.9 Å². The minimum Gasteiger partial charge on any atom is -0.464 e. The monoisotopic (exact) mass is 520 g/mol. The number of amides is 2. The Hall–Kier alpha value is -3.91. The fraction of sp³-hybridized carbons (Fsp3) is 0.367. The van der Waals surface area contributed by atoms with Crippen molar-refractivity contribution in [1.29, 1.82) is 0 Å². The zero-order valence-electron chi connectivity index (χ0n) is 22.1. The highest BCUT2D eigenvalue weighted by Crippen LogP contribution is 2.20. The van der Waals surface area contributed by atoms with E-state index in [2.05, 4.69) is 5.32 Å². The molecule has 0 aliphatic heterocycles. The van der Waals surface area contributed by atoms with E-state index in [1.54, 1.807) is 6.92 Å². The third-order valence-electron chi connectivity index (χ3n) is 5.93. The number of ether oxygens (including phenoxy) is 2. The van der Waals surface area contributed by atoms with Crippen molar-refractivity contribution in [2.24, 2.45) is 5.92 Å². The van der Waals surface area contributed by atoms with Gasteiger partial charge in [-0.2, -0.15) is 0 Å². The van der Waals surface area contributed by atoms with E-state index in [1.165, 1.54) is 4.90 Å². The maximum absolute atomic E-state index is 13.3. The highest BCUT2D eigenvalue weighted by atomic mass is 16.5. The molecule has 0 saturated carbocycles. The molecule has 1 unspecified atom stereocenters. The van der Waals surface area contributed by atoms with Crippen molar-refractivity contribution in [3.63, 3.8) is 0 Å². The van der Waals surface area contributed by atoms with Crippen molar-refractivity contribution in [2.45, 2.75) is 45.9 Å². The smallest absolute Gasteiger partial charge is 0.337 e. The Balaban J connectivity index is 1.72. The molecule has 0 spiro atoms. The second-order valence-corrected chi connectivity index (χ2v) is 9.50. The van der Waals surface area contributed by atoms with Crippen LogP contribution in [0, 0.1) is 5.92 Å².